The number of carbonyl (C=O) groups excluding carboxylic acids is 1. The summed E-state index contributed by atoms with van der Waals surface area (Å²) < 4.78 is 44.5. The van der Waals surface area contributed by atoms with E-state index in [0.717, 1.165) is 6.07 Å². The van der Waals surface area contributed by atoms with Crippen LogP contribution in [0.25, 0.3) is 0 Å². The van der Waals surface area contributed by atoms with Crippen molar-refractivity contribution in [2.45, 2.75) is 18.9 Å². The normalized spacial score (nSPS) is 22.8. The van der Waals surface area contributed by atoms with Gasteiger partial charge in [-0.05, 0) is 24.1 Å². The number of nitrogens with one attached hydrogen (secondary N) is 1. The lowest BCUT2D eigenvalue weighted by Crippen LogP contribution is -2.49. The van der Waals surface area contributed by atoms with E-state index in [1.165, 1.54) is 19.1 Å². The molecule has 17 heavy (non-hydrogen) atoms. The molecule has 2 rings (SSSR count). The second kappa shape index (κ2) is 3.94. The Hall–Kier alpha value is -1.72. The molecule has 0 unspecified atom stereocenters. The summed E-state index contributed by atoms with van der Waals surface area (Å²) in [6.45, 7) is 0.527. The van der Waals surface area contributed by atoms with Gasteiger partial charge in [0, 0.05) is 0 Å². The van der Waals surface area contributed by atoms with Crippen LogP contribution in [0.4, 0.5) is 18.0 Å². The van der Waals surface area contributed by atoms with E-state index in [9.17, 15) is 18.0 Å². The van der Waals surface area contributed by atoms with Crippen LogP contribution in [0.5, 0.6) is 0 Å². The SMILES string of the molecule is Cc1ccc([C@@H]2NC(=O)OCC2(F)F)cc1F. The molecule has 6 heteroatoms. The summed E-state index contributed by atoms with van der Waals surface area (Å²) in [5, 5.41) is 1.99. The van der Waals surface area contributed by atoms with Gasteiger partial charge in [0.25, 0.3) is 0 Å². The van der Waals surface area contributed by atoms with Crippen molar-refractivity contribution in [3.8, 4) is 0 Å². The minimum absolute atomic E-state index is 0.0229. The van der Waals surface area contributed by atoms with Crippen LogP contribution in [0.15, 0.2) is 18.2 Å². The van der Waals surface area contributed by atoms with Gasteiger partial charge in [0.05, 0.1) is 0 Å². The molecule has 0 saturated carbocycles. The predicted octanol–water partition coefficient (Wildman–Crippen LogP) is 2.55. The Bertz CT molecular complexity index is 462. The molecular weight excluding hydrogens is 235 g/mol. The van der Waals surface area contributed by atoms with Crippen LogP contribution in [-0.4, -0.2) is 18.6 Å². The molecule has 92 valence electrons. The van der Waals surface area contributed by atoms with E-state index in [-0.39, 0.29) is 5.56 Å². The Balaban J connectivity index is 2.36. The average Bonchev–Trinajstić information content (AvgIpc) is 2.26. The summed E-state index contributed by atoms with van der Waals surface area (Å²) in [4.78, 5) is 10.9. The standard InChI is InChI=1S/C11H10F3NO2/c1-6-2-3-7(4-8(6)12)9-11(13,14)5-17-10(16)15-9/h2-4,9H,5H2,1H3,(H,15,16)/t9-/m0/s1. The van der Waals surface area contributed by atoms with Gasteiger partial charge in [-0.1, -0.05) is 12.1 Å². The molecule has 1 aliphatic rings. The molecule has 1 amide bonds. The molecule has 0 aromatic heterocycles. The molecule has 1 aliphatic heterocycles. The van der Waals surface area contributed by atoms with Crippen molar-refractivity contribution in [3.63, 3.8) is 0 Å². The average molecular weight is 245 g/mol. The molecule has 1 heterocycles. The van der Waals surface area contributed by atoms with Crippen molar-refractivity contribution in [2.24, 2.45) is 0 Å². The summed E-state index contributed by atoms with van der Waals surface area (Å²) in [6.07, 6.45) is -0.929. The maximum atomic E-state index is 13.5. The number of amides is 1. The molecule has 0 radical (unpaired) electrons. The number of rotatable bonds is 1. The van der Waals surface area contributed by atoms with Crippen molar-refractivity contribution in [3.05, 3.63) is 35.1 Å². The lowest BCUT2D eigenvalue weighted by atomic mass is 9.99. The van der Waals surface area contributed by atoms with E-state index in [0.29, 0.717) is 5.56 Å². The fourth-order valence-corrected chi connectivity index (χ4v) is 1.63. The number of aryl methyl sites for hydroxylation is 1. The first kappa shape index (κ1) is 11.8. The van der Waals surface area contributed by atoms with Gasteiger partial charge in [-0.15, -0.1) is 0 Å². The summed E-state index contributed by atoms with van der Waals surface area (Å²) in [5.74, 6) is -3.84. The molecule has 1 atom stereocenters. The maximum Gasteiger partial charge on any atom is 0.408 e. The lowest BCUT2D eigenvalue weighted by molar-refractivity contribution is -0.104. The fraction of sp³-hybridized carbons (Fsp3) is 0.364. The van der Waals surface area contributed by atoms with E-state index < -0.39 is 30.5 Å². The minimum Gasteiger partial charge on any atom is -0.443 e. The van der Waals surface area contributed by atoms with Crippen molar-refractivity contribution in [2.75, 3.05) is 6.61 Å². The third-order valence-corrected chi connectivity index (χ3v) is 2.61. The molecular formula is C11H10F3NO2. The molecule has 1 saturated heterocycles. The van der Waals surface area contributed by atoms with Gasteiger partial charge in [-0.25, -0.2) is 18.0 Å². The molecule has 0 spiro atoms. The first-order valence-corrected chi connectivity index (χ1v) is 4.97. The Morgan fingerprint density at radius 2 is 2.18 bits per heavy atom. The number of hydrogen-bond donors (Lipinski definition) is 1. The first-order valence-electron chi connectivity index (χ1n) is 4.97. The second-order valence-corrected chi connectivity index (χ2v) is 3.92. The highest BCUT2D eigenvalue weighted by atomic mass is 19.3. The molecule has 3 nitrogen and oxygen atoms in total. The van der Waals surface area contributed by atoms with Crippen LogP contribution in [0.1, 0.15) is 17.2 Å². The predicted molar refractivity (Wildman–Crippen MR) is 53.3 cm³/mol. The zero-order chi connectivity index (χ0) is 12.6. The highest BCUT2D eigenvalue weighted by Crippen LogP contribution is 2.34. The Morgan fingerprint density at radius 3 is 2.82 bits per heavy atom. The number of hydrogen-bond acceptors (Lipinski definition) is 2. The summed E-state index contributed by atoms with van der Waals surface area (Å²) in [6, 6.07) is 2.20. The first-order chi connectivity index (χ1) is 7.90. The molecule has 0 bridgehead atoms. The zero-order valence-electron chi connectivity index (χ0n) is 8.97. The Labute approximate surface area is 95.6 Å². The highest BCUT2D eigenvalue weighted by Gasteiger charge is 2.46. The van der Waals surface area contributed by atoms with Gasteiger partial charge in [-0.3, -0.25) is 0 Å². The Kier molecular flexibility index (Phi) is 2.73. The van der Waals surface area contributed by atoms with Gasteiger partial charge in [0.15, 0.2) is 6.61 Å². The molecule has 1 aromatic carbocycles. The fourth-order valence-electron chi connectivity index (χ4n) is 1.63. The summed E-state index contributed by atoms with van der Waals surface area (Å²) >= 11 is 0. The van der Waals surface area contributed by atoms with E-state index in [2.05, 4.69) is 4.74 Å². The van der Waals surface area contributed by atoms with E-state index in [1.807, 2.05) is 5.32 Å². The quantitative estimate of drug-likeness (QED) is 0.825. The van der Waals surface area contributed by atoms with E-state index in [1.54, 1.807) is 0 Å². The van der Waals surface area contributed by atoms with Gasteiger partial charge < -0.3 is 10.1 Å². The van der Waals surface area contributed by atoms with Gasteiger partial charge in [0.2, 0.25) is 0 Å². The molecule has 0 aliphatic carbocycles. The van der Waals surface area contributed by atoms with E-state index in [4.69, 9.17) is 0 Å². The van der Waals surface area contributed by atoms with Crippen molar-refractivity contribution < 1.29 is 22.7 Å². The molecule has 1 N–H and O–H groups in total. The smallest absolute Gasteiger partial charge is 0.408 e. The van der Waals surface area contributed by atoms with Gasteiger partial charge in [-0.2, -0.15) is 0 Å². The number of benzene rings is 1. The Morgan fingerprint density at radius 1 is 1.47 bits per heavy atom. The topological polar surface area (TPSA) is 38.3 Å². The number of cyclic esters (lactones) is 1. The van der Waals surface area contributed by atoms with Crippen LogP contribution in [0.3, 0.4) is 0 Å². The largest absolute Gasteiger partial charge is 0.443 e. The number of alkyl carbamates (subject to hydrolysis) is 1. The zero-order valence-corrected chi connectivity index (χ0v) is 8.97. The van der Waals surface area contributed by atoms with Crippen molar-refractivity contribution in [1.82, 2.24) is 5.32 Å². The van der Waals surface area contributed by atoms with Crippen LogP contribution < -0.4 is 5.32 Å². The monoisotopic (exact) mass is 245 g/mol. The van der Waals surface area contributed by atoms with Gasteiger partial charge in [0.1, 0.15) is 11.9 Å². The highest BCUT2D eigenvalue weighted by molar-refractivity contribution is 5.69. The van der Waals surface area contributed by atoms with Crippen LogP contribution in [0, 0.1) is 12.7 Å². The second-order valence-electron chi connectivity index (χ2n) is 3.92. The number of ether oxygens (including phenoxy) is 1. The van der Waals surface area contributed by atoms with Gasteiger partial charge >= 0.3 is 12.0 Å². The number of halogens is 3. The molecule has 1 aromatic rings. The third kappa shape index (κ3) is 2.20. The number of alkyl halides is 2. The number of carbonyl (C=O) groups is 1. The van der Waals surface area contributed by atoms with Crippen molar-refractivity contribution >= 4 is 6.09 Å². The van der Waals surface area contributed by atoms with Crippen LogP contribution in [-0.2, 0) is 4.74 Å². The third-order valence-electron chi connectivity index (χ3n) is 2.61. The van der Waals surface area contributed by atoms with Crippen LogP contribution in [0.2, 0.25) is 0 Å². The lowest BCUT2D eigenvalue weighted by Gasteiger charge is -2.31. The van der Waals surface area contributed by atoms with Crippen LogP contribution >= 0.6 is 0 Å². The summed E-state index contributed by atoms with van der Waals surface area (Å²) in [5.41, 5.74) is 0.380. The minimum atomic E-state index is -3.25. The summed E-state index contributed by atoms with van der Waals surface area (Å²) in [7, 11) is 0. The maximum absolute atomic E-state index is 13.5. The van der Waals surface area contributed by atoms with E-state index >= 15 is 0 Å². The van der Waals surface area contributed by atoms with Crippen molar-refractivity contribution in [1.29, 1.82) is 0 Å². The molecule has 1 fully saturated rings.